The molecule has 2 aromatic rings. The van der Waals surface area contributed by atoms with Crippen molar-refractivity contribution in [3.05, 3.63) is 65.5 Å². The molecule has 6 rings (SSSR count). The van der Waals surface area contributed by atoms with Crippen LogP contribution in [0.4, 0.5) is 0 Å². The predicted molar refractivity (Wildman–Crippen MR) is 205 cm³/mol. The van der Waals surface area contributed by atoms with Crippen molar-refractivity contribution in [1.29, 1.82) is 0 Å². The SMILES string of the molecule is CC(=O)OC[C@@]12C(OC(C)=O)[C@@H](OC(C)=O)[C@@H]3OC(=O)[C@@H](C)[C@H](C)c4ncccc4C(=O)OC[C@]4(C)O[C@@]1([C@H](OC(=O)c1ccccc1)[C@H]4[C@@H](OC(C)=O)[C@H]2OC(C)=O)[C@@]3(C)O. The van der Waals surface area contributed by atoms with Crippen molar-refractivity contribution in [3.63, 3.8) is 0 Å². The summed E-state index contributed by atoms with van der Waals surface area (Å²) in [6.07, 6.45) is -10.8. The van der Waals surface area contributed by atoms with Crippen LogP contribution in [0.3, 0.4) is 0 Å². The molecule has 1 unspecified atom stereocenters. The number of ether oxygens (including phenoxy) is 9. The van der Waals surface area contributed by atoms with Gasteiger partial charge in [0.2, 0.25) is 0 Å². The van der Waals surface area contributed by atoms with E-state index in [1.54, 1.807) is 13.0 Å². The minimum absolute atomic E-state index is 0.0290. The maximum absolute atomic E-state index is 14.5. The molecule has 62 heavy (non-hydrogen) atoms. The van der Waals surface area contributed by atoms with Gasteiger partial charge in [-0.25, -0.2) is 9.59 Å². The van der Waals surface area contributed by atoms with Gasteiger partial charge in [-0.3, -0.25) is 33.8 Å². The van der Waals surface area contributed by atoms with E-state index in [-0.39, 0.29) is 16.8 Å². The molecule has 1 N–H and O–H groups in total. The van der Waals surface area contributed by atoms with E-state index in [0.717, 1.165) is 41.5 Å². The Bertz CT molecular complexity index is 2160. The quantitative estimate of drug-likeness (QED) is 0.295. The molecule has 1 spiro atoms. The Labute approximate surface area is 355 Å². The van der Waals surface area contributed by atoms with E-state index in [0.29, 0.717) is 0 Å². The number of carbonyl (C=O) groups excluding carboxylic acids is 8. The van der Waals surface area contributed by atoms with Gasteiger partial charge in [-0.15, -0.1) is 0 Å². The number of aliphatic hydroxyl groups is 1. The Kier molecular flexibility index (Phi) is 12.3. The average Bonchev–Trinajstić information content (AvgIpc) is 3.42. The Hall–Kier alpha value is -5.95. The first-order valence-electron chi connectivity index (χ1n) is 19.9. The first-order chi connectivity index (χ1) is 29.0. The Morgan fingerprint density at radius 2 is 1.32 bits per heavy atom. The van der Waals surface area contributed by atoms with E-state index in [2.05, 4.69) is 4.98 Å². The number of hydrogen-bond acceptors (Lipinski definition) is 19. The first-order valence-corrected chi connectivity index (χ1v) is 19.9. The summed E-state index contributed by atoms with van der Waals surface area (Å²) in [6.45, 7) is 8.64. The third-order valence-corrected chi connectivity index (χ3v) is 12.4. The van der Waals surface area contributed by atoms with E-state index < -0.39 is 138 Å². The number of rotatable bonds is 8. The zero-order chi connectivity index (χ0) is 45.7. The van der Waals surface area contributed by atoms with Crippen molar-refractivity contribution in [1.82, 2.24) is 4.98 Å². The van der Waals surface area contributed by atoms with Crippen LogP contribution in [-0.2, 0) is 71.4 Å². The first kappa shape index (κ1) is 45.6. The summed E-state index contributed by atoms with van der Waals surface area (Å²) in [5.74, 6) is -11.9. The smallest absolute Gasteiger partial charge is 0.340 e. The van der Waals surface area contributed by atoms with E-state index in [1.807, 2.05) is 0 Å². The molecule has 19 nitrogen and oxygen atoms in total. The van der Waals surface area contributed by atoms with Gasteiger partial charge >= 0.3 is 47.8 Å². The number of aromatic nitrogens is 1. The molecule has 1 aromatic heterocycles. The second kappa shape index (κ2) is 16.7. The molecule has 1 aromatic carbocycles. The largest absolute Gasteiger partial charge is 0.465 e. The summed E-state index contributed by atoms with van der Waals surface area (Å²) < 4.78 is 55.4. The Morgan fingerprint density at radius 3 is 1.90 bits per heavy atom. The standard InChI is InChI=1S/C43H49NO18/c1-20-21(2)37(50)61-34-32(57-24(5)47)36(59-26(7)49)42(19-54-22(3)45)35(58-25(6)48)31(56-23(4)46)29-33(60-38(51)27-14-11-10-12-15-27)43(42,41(34,9)53)62-40(29,8)18-55-39(52)28-16-13-17-44-30(20)28/h10-17,20-21,29,31-36,53H,18-19H2,1-9H3/t20-,21-,29+,31+,32-,33+,34-,35+,36?,40-,41-,42+,43-/m0/s1. The fourth-order valence-electron chi connectivity index (χ4n) is 9.83. The lowest BCUT2D eigenvalue weighted by molar-refractivity contribution is -0.386. The second-order valence-corrected chi connectivity index (χ2v) is 16.5. The molecule has 3 heterocycles. The van der Waals surface area contributed by atoms with Crippen molar-refractivity contribution in [2.45, 2.75) is 122 Å². The topological polar surface area (TPSA) is 253 Å². The molecule has 19 heteroatoms. The van der Waals surface area contributed by atoms with Gasteiger partial charge in [-0.05, 0) is 38.1 Å². The highest BCUT2D eigenvalue weighted by atomic mass is 16.7. The van der Waals surface area contributed by atoms with Gasteiger partial charge in [-0.1, -0.05) is 32.0 Å². The molecule has 0 radical (unpaired) electrons. The van der Waals surface area contributed by atoms with E-state index in [9.17, 15) is 43.5 Å². The molecule has 0 amide bonds. The van der Waals surface area contributed by atoms with Gasteiger partial charge in [0.25, 0.3) is 0 Å². The summed E-state index contributed by atoms with van der Waals surface area (Å²) in [6, 6.07) is 10.4. The van der Waals surface area contributed by atoms with E-state index >= 15 is 0 Å². The van der Waals surface area contributed by atoms with Crippen LogP contribution in [0.25, 0.3) is 0 Å². The molecule has 13 atom stereocenters. The monoisotopic (exact) mass is 867 g/mol. The van der Waals surface area contributed by atoms with Gasteiger partial charge in [0.15, 0.2) is 30.0 Å². The number of nitrogens with zero attached hydrogens (tertiary/aromatic N) is 1. The van der Waals surface area contributed by atoms with Crippen molar-refractivity contribution < 1.29 is 86.1 Å². The van der Waals surface area contributed by atoms with Gasteiger partial charge in [0.1, 0.15) is 42.0 Å². The number of benzene rings is 1. The van der Waals surface area contributed by atoms with Crippen molar-refractivity contribution in [3.8, 4) is 0 Å². The minimum atomic E-state index is -2.87. The average molecular weight is 868 g/mol. The molecule has 334 valence electrons. The van der Waals surface area contributed by atoms with Gasteiger partial charge < -0.3 is 47.7 Å². The molecule has 2 saturated carbocycles. The Morgan fingerprint density at radius 1 is 0.742 bits per heavy atom. The molecular formula is C43H49NO18. The summed E-state index contributed by atoms with van der Waals surface area (Å²) in [5.41, 5.74) is -10.4. The number of cyclic esters (lactones) is 1. The number of carbonyl (C=O) groups is 8. The number of pyridine rings is 1. The molecule has 1 saturated heterocycles. The van der Waals surface area contributed by atoms with Crippen molar-refractivity contribution in [2.75, 3.05) is 13.2 Å². The van der Waals surface area contributed by atoms with Crippen LogP contribution in [0.5, 0.6) is 0 Å². The van der Waals surface area contributed by atoms with Crippen LogP contribution in [0.1, 0.15) is 94.6 Å². The molecule has 4 bridgehead atoms. The molecule has 2 aliphatic heterocycles. The van der Waals surface area contributed by atoms with E-state index in [1.165, 1.54) is 56.4 Å². The highest BCUT2D eigenvalue weighted by Gasteiger charge is 2.92. The third-order valence-electron chi connectivity index (χ3n) is 12.4. The highest BCUT2D eigenvalue weighted by molar-refractivity contribution is 5.91. The van der Waals surface area contributed by atoms with Crippen molar-refractivity contribution in [2.24, 2.45) is 17.3 Å². The van der Waals surface area contributed by atoms with Crippen LogP contribution in [0.15, 0.2) is 48.7 Å². The van der Waals surface area contributed by atoms with Crippen LogP contribution < -0.4 is 0 Å². The van der Waals surface area contributed by atoms with Crippen LogP contribution in [0, 0.1) is 17.3 Å². The van der Waals surface area contributed by atoms with Crippen LogP contribution >= 0.6 is 0 Å². The maximum atomic E-state index is 14.5. The summed E-state index contributed by atoms with van der Waals surface area (Å²) in [5, 5.41) is 13.7. The summed E-state index contributed by atoms with van der Waals surface area (Å²) in [7, 11) is 0. The molecule has 3 fully saturated rings. The lowest BCUT2D eigenvalue weighted by Gasteiger charge is -2.67. The number of esters is 8. The lowest BCUT2D eigenvalue weighted by atomic mass is 9.45. The maximum Gasteiger partial charge on any atom is 0.340 e. The number of hydrogen-bond donors (Lipinski definition) is 1. The van der Waals surface area contributed by atoms with Crippen LogP contribution in [0.2, 0.25) is 0 Å². The van der Waals surface area contributed by atoms with Gasteiger partial charge in [0.05, 0.1) is 28.7 Å². The normalized spacial score (nSPS) is 36.0. The molecular weight excluding hydrogens is 818 g/mol. The van der Waals surface area contributed by atoms with Gasteiger partial charge in [-0.2, -0.15) is 0 Å². The molecule has 4 aliphatic rings. The van der Waals surface area contributed by atoms with E-state index in [4.69, 9.17) is 42.6 Å². The summed E-state index contributed by atoms with van der Waals surface area (Å²) in [4.78, 5) is 114. The van der Waals surface area contributed by atoms with Gasteiger partial charge in [0, 0.05) is 46.7 Å². The second-order valence-electron chi connectivity index (χ2n) is 16.5. The third kappa shape index (κ3) is 7.43. The predicted octanol–water partition coefficient (Wildman–Crippen LogP) is 2.33. The molecule has 2 aliphatic carbocycles. The lowest BCUT2D eigenvalue weighted by Crippen LogP contribution is -2.89. The Balaban J connectivity index is 1.81. The van der Waals surface area contributed by atoms with Crippen LogP contribution in [-0.4, -0.2) is 124 Å². The van der Waals surface area contributed by atoms with Crippen molar-refractivity contribution >= 4 is 47.8 Å². The number of fused-ring (bicyclic) bond motifs is 5. The zero-order valence-electron chi connectivity index (χ0n) is 35.6. The minimum Gasteiger partial charge on any atom is -0.465 e. The summed E-state index contributed by atoms with van der Waals surface area (Å²) >= 11 is 0. The highest BCUT2D eigenvalue weighted by Crippen LogP contribution is 2.70. The fourth-order valence-corrected chi connectivity index (χ4v) is 9.83. The zero-order valence-corrected chi connectivity index (χ0v) is 35.6. The fraction of sp³-hybridized carbons (Fsp3) is 0.558.